The third-order valence-corrected chi connectivity index (χ3v) is 4.84. The van der Waals surface area contributed by atoms with Crippen molar-refractivity contribution in [1.82, 2.24) is 5.32 Å². The van der Waals surface area contributed by atoms with Crippen LogP contribution in [0.2, 0.25) is 0 Å². The summed E-state index contributed by atoms with van der Waals surface area (Å²) in [5.74, 6) is 1.93. The fourth-order valence-corrected chi connectivity index (χ4v) is 3.29. The van der Waals surface area contributed by atoms with Gasteiger partial charge in [-0.1, -0.05) is 51.8 Å². The second-order valence-corrected chi connectivity index (χ2v) is 6.06. The molecule has 0 saturated heterocycles. The minimum Gasteiger partial charge on any atom is -0.508 e. The Morgan fingerprint density at radius 2 is 2.00 bits per heavy atom. The van der Waals surface area contributed by atoms with E-state index in [0.717, 1.165) is 17.9 Å². The molecule has 1 aromatic rings. The van der Waals surface area contributed by atoms with Crippen molar-refractivity contribution in [3.05, 3.63) is 29.8 Å². The van der Waals surface area contributed by atoms with Crippen molar-refractivity contribution in [3.8, 4) is 5.75 Å². The second kappa shape index (κ2) is 6.42. The Balaban J connectivity index is 2.09. The lowest BCUT2D eigenvalue weighted by Gasteiger charge is -2.37. The predicted molar refractivity (Wildman–Crippen MR) is 80.2 cm³/mol. The summed E-state index contributed by atoms with van der Waals surface area (Å²) in [7, 11) is 0. The molecule has 0 bridgehead atoms. The second-order valence-electron chi connectivity index (χ2n) is 6.06. The Hall–Kier alpha value is -1.02. The van der Waals surface area contributed by atoms with Gasteiger partial charge in [-0.05, 0) is 30.7 Å². The summed E-state index contributed by atoms with van der Waals surface area (Å²) in [4.78, 5) is 0. The lowest BCUT2D eigenvalue weighted by Crippen LogP contribution is -2.42. The van der Waals surface area contributed by atoms with Crippen molar-refractivity contribution in [2.75, 3.05) is 0 Å². The number of phenolic OH excluding ortho intramolecular Hbond substituents is 1. The fourth-order valence-electron chi connectivity index (χ4n) is 3.29. The van der Waals surface area contributed by atoms with Gasteiger partial charge in [0.2, 0.25) is 0 Å². The van der Waals surface area contributed by atoms with Gasteiger partial charge >= 0.3 is 0 Å². The van der Waals surface area contributed by atoms with Crippen molar-refractivity contribution in [2.24, 2.45) is 11.8 Å². The minimum atomic E-state index is 0.263. The summed E-state index contributed by atoms with van der Waals surface area (Å²) in [5, 5.41) is 13.8. The zero-order valence-corrected chi connectivity index (χ0v) is 12.4. The molecule has 2 nitrogen and oxygen atoms in total. The lowest BCUT2D eigenvalue weighted by atomic mass is 9.77. The SMILES string of the molecule is CCC(NC1CCCC(C)C1C)c1ccccc1O. The molecule has 1 aliphatic rings. The van der Waals surface area contributed by atoms with Gasteiger partial charge in [0.1, 0.15) is 5.75 Å². The Morgan fingerprint density at radius 3 is 2.68 bits per heavy atom. The van der Waals surface area contributed by atoms with Crippen LogP contribution in [0, 0.1) is 11.8 Å². The van der Waals surface area contributed by atoms with Gasteiger partial charge in [-0.3, -0.25) is 0 Å². The van der Waals surface area contributed by atoms with Crippen LogP contribution >= 0.6 is 0 Å². The first-order valence-corrected chi connectivity index (χ1v) is 7.67. The first-order chi connectivity index (χ1) is 9.13. The normalized spacial score (nSPS) is 29.1. The van der Waals surface area contributed by atoms with E-state index in [1.165, 1.54) is 19.3 Å². The maximum atomic E-state index is 10.0. The molecule has 0 aliphatic heterocycles. The van der Waals surface area contributed by atoms with Crippen LogP contribution in [0.5, 0.6) is 5.75 Å². The molecule has 1 saturated carbocycles. The van der Waals surface area contributed by atoms with Crippen molar-refractivity contribution in [1.29, 1.82) is 0 Å². The van der Waals surface area contributed by atoms with E-state index in [2.05, 4.69) is 26.1 Å². The van der Waals surface area contributed by atoms with E-state index < -0.39 is 0 Å². The molecule has 0 heterocycles. The van der Waals surface area contributed by atoms with Crippen molar-refractivity contribution in [3.63, 3.8) is 0 Å². The first kappa shape index (κ1) is 14.4. The van der Waals surface area contributed by atoms with E-state index in [1.807, 2.05) is 18.2 Å². The molecule has 2 N–H and O–H groups in total. The van der Waals surface area contributed by atoms with Gasteiger partial charge in [-0.15, -0.1) is 0 Å². The number of aromatic hydroxyl groups is 1. The monoisotopic (exact) mass is 261 g/mol. The minimum absolute atomic E-state index is 0.263. The molecule has 0 radical (unpaired) electrons. The quantitative estimate of drug-likeness (QED) is 0.849. The van der Waals surface area contributed by atoms with Gasteiger partial charge in [0, 0.05) is 17.6 Å². The Morgan fingerprint density at radius 1 is 1.26 bits per heavy atom. The fraction of sp³-hybridized carbons (Fsp3) is 0.647. The van der Waals surface area contributed by atoms with Gasteiger partial charge in [0.05, 0.1) is 0 Å². The van der Waals surface area contributed by atoms with Crippen LogP contribution in [-0.4, -0.2) is 11.1 Å². The van der Waals surface area contributed by atoms with Crippen LogP contribution in [0.15, 0.2) is 24.3 Å². The van der Waals surface area contributed by atoms with E-state index in [0.29, 0.717) is 17.7 Å². The van der Waals surface area contributed by atoms with Crippen LogP contribution in [-0.2, 0) is 0 Å². The predicted octanol–water partition coefficient (Wildman–Crippen LogP) is 4.26. The topological polar surface area (TPSA) is 32.3 Å². The molecule has 1 aromatic carbocycles. The highest BCUT2D eigenvalue weighted by atomic mass is 16.3. The molecule has 0 aromatic heterocycles. The molecule has 0 spiro atoms. The average molecular weight is 261 g/mol. The molecule has 106 valence electrons. The van der Waals surface area contributed by atoms with E-state index in [9.17, 15) is 5.11 Å². The van der Waals surface area contributed by atoms with E-state index >= 15 is 0 Å². The third-order valence-electron chi connectivity index (χ3n) is 4.84. The molecule has 4 unspecified atom stereocenters. The lowest BCUT2D eigenvalue weighted by molar-refractivity contribution is 0.191. The zero-order valence-electron chi connectivity index (χ0n) is 12.4. The molecule has 2 heteroatoms. The van der Waals surface area contributed by atoms with E-state index in [-0.39, 0.29) is 6.04 Å². The Kier molecular flexibility index (Phi) is 4.87. The number of benzene rings is 1. The third kappa shape index (κ3) is 3.30. The van der Waals surface area contributed by atoms with Crippen molar-refractivity contribution < 1.29 is 5.11 Å². The van der Waals surface area contributed by atoms with Crippen LogP contribution in [0.3, 0.4) is 0 Å². The maximum absolute atomic E-state index is 10.0. The number of nitrogens with one attached hydrogen (secondary N) is 1. The molecule has 4 atom stereocenters. The van der Waals surface area contributed by atoms with Crippen molar-refractivity contribution in [2.45, 2.75) is 58.5 Å². The van der Waals surface area contributed by atoms with Gasteiger partial charge in [0.25, 0.3) is 0 Å². The average Bonchev–Trinajstić information content (AvgIpc) is 2.41. The maximum Gasteiger partial charge on any atom is 0.120 e. The van der Waals surface area contributed by atoms with Crippen molar-refractivity contribution >= 4 is 0 Å². The molecular formula is C17H27NO. The molecule has 1 aliphatic carbocycles. The summed E-state index contributed by atoms with van der Waals surface area (Å²) in [5.41, 5.74) is 1.04. The number of hydrogen-bond acceptors (Lipinski definition) is 2. The van der Waals surface area contributed by atoms with E-state index in [4.69, 9.17) is 0 Å². The molecule has 1 fully saturated rings. The largest absolute Gasteiger partial charge is 0.508 e. The van der Waals surface area contributed by atoms with Gasteiger partial charge in [0.15, 0.2) is 0 Å². The standard InChI is InChI=1S/C17H27NO/c1-4-15(14-9-5-6-11-17(14)19)18-16-10-7-8-12(2)13(16)3/h5-6,9,11-13,15-16,18-19H,4,7-8,10H2,1-3H3. The number of hydrogen-bond donors (Lipinski definition) is 2. The van der Waals surface area contributed by atoms with Crippen LogP contribution in [0.1, 0.15) is 58.1 Å². The zero-order chi connectivity index (χ0) is 13.8. The molecular weight excluding hydrogens is 234 g/mol. The summed E-state index contributed by atoms with van der Waals surface area (Å²) in [6.07, 6.45) is 4.94. The highest BCUT2D eigenvalue weighted by molar-refractivity contribution is 5.34. The highest BCUT2D eigenvalue weighted by Crippen LogP contribution is 2.33. The highest BCUT2D eigenvalue weighted by Gasteiger charge is 2.29. The molecule has 0 amide bonds. The van der Waals surface area contributed by atoms with Gasteiger partial charge in [-0.25, -0.2) is 0 Å². The van der Waals surface area contributed by atoms with Gasteiger partial charge in [-0.2, -0.15) is 0 Å². The summed E-state index contributed by atoms with van der Waals surface area (Å²) in [6.45, 7) is 6.90. The summed E-state index contributed by atoms with van der Waals surface area (Å²) < 4.78 is 0. The summed E-state index contributed by atoms with van der Waals surface area (Å²) in [6, 6.07) is 8.55. The summed E-state index contributed by atoms with van der Waals surface area (Å²) >= 11 is 0. The number of para-hydroxylation sites is 1. The number of rotatable bonds is 4. The van der Waals surface area contributed by atoms with Crippen LogP contribution in [0.25, 0.3) is 0 Å². The molecule has 19 heavy (non-hydrogen) atoms. The van der Waals surface area contributed by atoms with Crippen LogP contribution < -0.4 is 5.32 Å². The Bertz CT molecular complexity index is 404. The van der Waals surface area contributed by atoms with E-state index in [1.54, 1.807) is 6.07 Å². The smallest absolute Gasteiger partial charge is 0.120 e. The Labute approximate surface area is 117 Å². The van der Waals surface area contributed by atoms with Gasteiger partial charge < -0.3 is 10.4 Å². The first-order valence-electron chi connectivity index (χ1n) is 7.67. The molecule has 2 rings (SSSR count). The van der Waals surface area contributed by atoms with Crippen LogP contribution in [0.4, 0.5) is 0 Å². The number of phenols is 1.